The summed E-state index contributed by atoms with van der Waals surface area (Å²) in [5.41, 5.74) is 0.898. The van der Waals surface area contributed by atoms with E-state index in [9.17, 15) is 13.2 Å². The Bertz CT molecular complexity index is 876. The van der Waals surface area contributed by atoms with Crippen molar-refractivity contribution in [1.29, 1.82) is 0 Å². The van der Waals surface area contributed by atoms with E-state index in [-0.39, 0.29) is 16.8 Å². The van der Waals surface area contributed by atoms with Gasteiger partial charge in [0.1, 0.15) is 0 Å². The largest absolute Gasteiger partial charge is 0.353 e. The summed E-state index contributed by atoms with van der Waals surface area (Å²) in [6.07, 6.45) is 0. The molecule has 1 aromatic carbocycles. The van der Waals surface area contributed by atoms with E-state index in [1.165, 1.54) is 17.4 Å². The third kappa shape index (κ3) is 4.54. The molecular weight excluding hydrogens is 380 g/mol. The Kier molecular flexibility index (Phi) is 6.13. The van der Waals surface area contributed by atoms with Gasteiger partial charge in [-0.15, -0.1) is 11.3 Å². The van der Waals surface area contributed by atoms with Gasteiger partial charge in [0.25, 0.3) is 10.0 Å². The molecule has 2 aromatic rings. The molecule has 0 saturated heterocycles. The monoisotopic (exact) mass is 400 g/mol. The summed E-state index contributed by atoms with van der Waals surface area (Å²) in [6.45, 7) is 7.17. The summed E-state index contributed by atoms with van der Waals surface area (Å²) in [7, 11) is -3.80. The van der Waals surface area contributed by atoms with Crippen LogP contribution in [0.5, 0.6) is 0 Å². The molecule has 1 aromatic heterocycles. The van der Waals surface area contributed by atoms with Gasteiger partial charge in [0.15, 0.2) is 0 Å². The zero-order valence-electron chi connectivity index (χ0n) is 14.5. The van der Waals surface area contributed by atoms with Crippen molar-refractivity contribution < 1.29 is 13.2 Å². The first-order valence-electron chi connectivity index (χ1n) is 7.79. The molecule has 1 amide bonds. The lowest BCUT2D eigenvalue weighted by molar-refractivity contribution is -0.122. The van der Waals surface area contributed by atoms with Crippen molar-refractivity contribution in [3.8, 4) is 0 Å². The predicted octanol–water partition coefficient (Wildman–Crippen LogP) is 4.14. The van der Waals surface area contributed by atoms with Gasteiger partial charge in [-0.05, 0) is 56.8 Å². The van der Waals surface area contributed by atoms with Gasteiger partial charge in [-0.3, -0.25) is 9.52 Å². The highest BCUT2D eigenvalue weighted by Gasteiger charge is 2.24. The van der Waals surface area contributed by atoms with Crippen LogP contribution in [0.25, 0.3) is 0 Å². The van der Waals surface area contributed by atoms with E-state index < -0.39 is 15.9 Å². The molecule has 136 valence electrons. The van der Waals surface area contributed by atoms with Crippen molar-refractivity contribution in [2.75, 3.05) is 4.72 Å². The third-order valence-corrected chi connectivity index (χ3v) is 6.68. The van der Waals surface area contributed by atoms with Gasteiger partial charge < -0.3 is 5.32 Å². The van der Waals surface area contributed by atoms with E-state index in [0.717, 1.165) is 0 Å². The maximum absolute atomic E-state index is 12.7. The van der Waals surface area contributed by atoms with Crippen LogP contribution >= 0.6 is 22.9 Å². The molecule has 0 bridgehead atoms. The third-order valence-electron chi connectivity index (χ3n) is 3.66. The maximum atomic E-state index is 12.7. The lowest BCUT2D eigenvalue weighted by Gasteiger charge is -2.16. The van der Waals surface area contributed by atoms with Gasteiger partial charge in [-0.1, -0.05) is 17.7 Å². The molecule has 8 heteroatoms. The molecule has 1 unspecified atom stereocenters. The summed E-state index contributed by atoms with van der Waals surface area (Å²) in [5, 5.41) is 4.99. The minimum absolute atomic E-state index is 0.0177. The van der Waals surface area contributed by atoms with Crippen molar-refractivity contribution in [2.24, 2.45) is 0 Å². The number of hydrogen-bond acceptors (Lipinski definition) is 4. The fourth-order valence-electron chi connectivity index (χ4n) is 2.35. The quantitative estimate of drug-likeness (QED) is 0.765. The zero-order chi connectivity index (χ0) is 18.8. The number of anilines is 1. The molecule has 2 rings (SSSR count). The number of sulfonamides is 1. The number of carbonyl (C=O) groups excluding carboxylic acids is 1. The topological polar surface area (TPSA) is 75.3 Å². The Hall–Kier alpha value is -1.57. The van der Waals surface area contributed by atoms with Crippen LogP contribution in [0.15, 0.2) is 34.5 Å². The highest BCUT2D eigenvalue weighted by molar-refractivity contribution is 7.92. The van der Waals surface area contributed by atoms with Crippen molar-refractivity contribution in [3.05, 3.63) is 45.1 Å². The number of thiophene rings is 1. The number of hydrogen-bond donors (Lipinski definition) is 2. The summed E-state index contributed by atoms with van der Waals surface area (Å²) in [4.78, 5) is 13.0. The smallest absolute Gasteiger partial charge is 0.262 e. The van der Waals surface area contributed by atoms with Gasteiger partial charge in [0, 0.05) is 15.9 Å². The molecule has 0 aliphatic carbocycles. The minimum Gasteiger partial charge on any atom is -0.353 e. The number of carbonyl (C=O) groups is 1. The minimum atomic E-state index is -3.80. The van der Waals surface area contributed by atoms with Crippen LogP contribution in [0.4, 0.5) is 5.69 Å². The lowest BCUT2D eigenvalue weighted by Crippen LogP contribution is -2.33. The molecule has 0 spiro atoms. The normalized spacial score (nSPS) is 12.9. The molecule has 5 nitrogen and oxygen atoms in total. The van der Waals surface area contributed by atoms with Crippen LogP contribution in [0.3, 0.4) is 0 Å². The summed E-state index contributed by atoms with van der Waals surface area (Å²) in [5.74, 6) is -0.600. The Morgan fingerprint density at radius 2 is 1.88 bits per heavy atom. The van der Waals surface area contributed by atoms with Crippen molar-refractivity contribution in [1.82, 2.24) is 5.32 Å². The van der Waals surface area contributed by atoms with Crippen molar-refractivity contribution in [2.45, 2.75) is 44.6 Å². The lowest BCUT2D eigenvalue weighted by atomic mass is 10.1. The molecule has 25 heavy (non-hydrogen) atoms. The average molecular weight is 401 g/mol. The molecule has 0 fully saturated rings. The highest BCUT2D eigenvalue weighted by atomic mass is 35.5. The van der Waals surface area contributed by atoms with Gasteiger partial charge in [-0.2, -0.15) is 0 Å². The Morgan fingerprint density at radius 3 is 2.52 bits per heavy atom. The van der Waals surface area contributed by atoms with Gasteiger partial charge in [0.05, 0.1) is 16.5 Å². The first-order valence-corrected chi connectivity index (χ1v) is 10.5. The number of nitrogens with one attached hydrogen (secondary N) is 2. The number of rotatable bonds is 6. The van der Waals surface area contributed by atoms with Crippen LogP contribution in [-0.4, -0.2) is 20.4 Å². The van der Waals surface area contributed by atoms with Gasteiger partial charge >= 0.3 is 0 Å². The highest BCUT2D eigenvalue weighted by Crippen LogP contribution is 2.33. The van der Waals surface area contributed by atoms with Crippen LogP contribution < -0.4 is 10.0 Å². The molecular formula is C17H21ClN2O3S2. The summed E-state index contributed by atoms with van der Waals surface area (Å²) >= 11 is 7.37. The van der Waals surface area contributed by atoms with E-state index in [1.54, 1.807) is 37.4 Å². The number of halogens is 1. The van der Waals surface area contributed by atoms with Crippen molar-refractivity contribution in [3.63, 3.8) is 0 Å². The first kappa shape index (κ1) is 19.8. The second-order valence-corrected chi connectivity index (χ2v) is 9.06. The van der Waals surface area contributed by atoms with Crippen molar-refractivity contribution >= 4 is 44.6 Å². The standard InChI is InChI=1S/C17H21ClN2O3S2/c1-10(2)19-17(21)12(4)16-14(8-9-24-16)20-25(22,23)15-7-5-6-13(18)11(15)3/h5-10,12,20H,1-4H3,(H,19,21). The van der Waals surface area contributed by atoms with E-state index in [1.807, 2.05) is 13.8 Å². The molecule has 1 heterocycles. The SMILES string of the molecule is Cc1c(Cl)cccc1S(=O)(=O)Nc1ccsc1C(C)C(=O)NC(C)C. The van der Waals surface area contributed by atoms with E-state index in [4.69, 9.17) is 11.6 Å². The zero-order valence-corrected chi connectivity index (χ0v) is 16.8. The second kappa shape index (κ2) is 7.76. The Labute approximate surface area is 157 Å². The van der Waals surface area contributed by atoms with E-state index in [2.05, 4.69) is 10.0 Å². The second-order valence-electron chi connectivity index (χ2n) is 6.05. The fourth-order valence-corrected chi connectivity index (χ4v) is 4.90. The Balaban J connectivity index is 2.31. The molecule has 0 saturated carbocycles. The molecule has 0 aliphatic rings. The molecule has 2 N–H and O–H groups in total. The predicted molar refractivity (Wildman–Crippen MR) is 103 cm³/mol. The average Bonchev–Trinajstić information content (AvgIpc) is 2.95. The Morgan fingerprint density at radius 1 is 1.20 bits per heavy atom. The fraction of sp³-hybridized carbons (Fsp3) is 0.353. The summed E-state index contributed by atoms with van der Waals surface area (Å²) in [6, 6.07) is 6.42. The number of amides is 1. The maximum Gasteiger partial charge on any atom is 0.262 e. The van der Waals surface area contributed by atoms with Crippen LogP contribution in [0, 0.1) is 6.92 Å². The van der Waals surface area contributed by atoms with Crippen LogP contribution in [0.2, 0.25) is 5.02 Å². The van der Waals surface area contributed by atoms with Gasteiger partial charge in [0.2, 0.25) is 5.91 Å². The van der Waals surface area contributed by atoms with E-state index >= 15 is 0 Å². The number of benzene rings is 1. The van der Waals surface area contributed by atoms with Gasteiger partial charge in [-0.25, -0.2) is 8.42 Å². The molecule has 1 atom stereocenters. The van der Waals surface area contributed by atoms with E-state index in [0.29, 0.717) is 21.2 Å². The summed E-state index contributed by atoms with van der Waals surface area (Å²) < 4.78 is 28.0. The van der Waals surface area contributed by atoms with Crippen LogP contribution in [0.1, 0.15) is 37.1 Å². The van der Waals surface area contributed by atoms with Crippen LogP contribution in [-0.2, 0) is 14.8 Å². The molecule has 0 aliphatic heterocycles. The molecule has 0 radical (unpaired) electrons. The first-order chi connectivity index (χ1) is 11.6.